The third-order valence-corrected chi connectivity index (χ3v) is 1.84. The van der Waals surface area contributed by atoms with Crippen molar-refractivity contribution in [3.05, 3.63) is 24.3 Å². The summed E-state index contributed by atoms with van der Waals surface area (Å²) in [5, 5.41) is 3.05. The predicted octanol–water partition coefficient (Wildman–Crippen LogP) is 1.19. The number of nitrogens with one attached hydrogen (secondary N) is 1. The summed E-state index contributed by atoms with van der Waals surface area (Å²) in [5.74, 6) is 0.0548. The van der Waals surface area contributed by atoms with E-state index in [4.69, 9.17) is 0 Å². The molecule has 80 valence electrons. The van der Waals surface area contributed by atoms with Crippen LogP contribution < -0.4 is 5.32 Å². The lowest BCUT2D eigenvalue weighted by Gasteiger charge is -2.14. The minimum absolute atomic E-state index is 0.0548. The topological polar surface area (TPSA) is 32.3 Å². The fourth-order valence-corrected chi connectivity index (χ4v) is 0.979. The molecule has 0 rings (SSSR count). The Morgan fingerprint density at radius 2 is 2.14 bits per heavy atom. The second-order valence-corrected chi connectivity index (χ2v) is 3.10. The van der Waals surface area contributed by atoms with Gasteiger partial charge in [-0.15, -0.1) is 0 Å². The molecular formula is C11H20N2O. The van der Waals surface area contributed by atoms with Crippen LogP contribution in [0.2, 0.25) is 0 Å². The number of carbonyl (C=O) groups is 1. The third-order valence-electron chi connectivity index (χ3n) is 1.84. The highest BCUT2D eigenvalue weighted by Crippen LogP contribution is 1.90. The van der Waals surface area contributed by atoms with Crippen LogP contribution in [-0.4, -0.2) is 38.0 Å². The summed E-state index contributed by atoms with van der Waals surface area (Å²) < 4.78 is 0. The van der Waals surface area contributed by atoms with E-state index >= 15 is 0 Å². The van der Waals surface area contributed by atoms with Crippen LogP contribution in [0.15, 0.2) is 24.3 Å². The molecule has 0 spiro atoms. The molecule has 3 nitrogen and oxygen atoms in total. The number of likely N-dealkylation sites (N-methyl/N-ethyl adjacent to an activating group) is 1. The first kappa shape index (κ1) is 12.9. The number of carbonyl (C=O) groups excluding carboxylic acids is 1. The van der Waals surface area contributed by atoms with Crippen molar-refractivity contribution >= 4 is 5.91 Å². The summed E-state index contributed by atoms with van der Waals surface area (Å²) in [6.45, 7) is 3.65. The highest BCUT2D eigenvalue weighted by molar-refractivity contribution is 5.87. The zero-order valence-corrected chi connectivity index (χ0v) is 9.29. The molecule has 0 aromatic rings. The Hall–Kier alpha value is -1.09. The van der Waals surface area contributed by atoms with E-state index in [1.165, 1.54) is 0 Å². The monoisotopic (exact) mass is 196 g/mol. The Balaban J connectivity index is 3.75. The first-order valence-corrected chi connectivity index (χ1v) is 4.91. The van der Waals surface area contributed by atoms with Gasteiger partial charge in [-0.25, -0.2) is 0 Å². The summed E-state index contributed by atoms with van der Waals surface area (Å²) in [5.41, 5.74) is 0. The molecule has 0 radical (unpaired) electrons. The first-order chi connectivity index (χ1) is 6.72. The third kappa shape index (κ3) is 6.43. The number of amides is 1. The van der Waals surface area contributed by atoms with Crippen LogP contribution in [0.4, 0.5) is 0 Å². The van der Waals surface area contributed by atoms with Crippen LogP contribution in [0.25, 0.3) is 0 Å². The normalized spacial score (nSPS) is 11.4. The van der Waals surface area contributed by atoms with Gasteiger partial charge in [-0.3, -0.25) is 4.79 Å². The fraction of sp³-hybridized carbons (Fsp3) is 0.545. The van der Waals surface area contributed by atoms with Gasteiger partial charge < -0.3 is 10.2 Å². The van der Waals surface area contributed by atoms with Crippen molar-refractivity contribution < 1.29 is 4.79 Å². The van der Waals surface area contributed by atoms with Crippen molar-refractivity contribution in [1.82, 2.24) is 10.2 Å². The van der Waals surface area contributed by atoms with Gasteiger partial charge in [0.05, 0.1) is 0 Å². The standard InChI is InChI=1S/C11H20N2O/c1-4-5-6-8-11(14)13(3)10-7-9-12-2/h4-6,8,12H,7,9-10H2,1-3H3. The zero-order chi connectivity index (χ0) is 10.8. The molecule has 14 heavy (non-hydrogen) atoms. The van der Waals surface area contributed by atoms with Crippen molar-refractivity contribution in [3.63, 3.8) is 0 Å². The molecule has 0 aliphatic rings. The molecule has 1 amide bonds. The van der Waals surface area contributed by atoms with Crippen LogP contribution in [0, 0.1) is 0 Å². The van der Waals surface area contributed by atoms with E-state index in [-0.39, 0.29) is 5.91 Å². The lowest BCUT2D eigenvalue weighted by molar-refractivity contribution is -0.124. The number of hydrogen-bond acceptors (Lipinski definition) is 2. The Morgan fingerprint density at radius 3 is 2.71 bits per heavy atom. The summed E-state index contributed by atoms with van der Waals surface area (Å²) >= 11 is 0. The number of rotatable bonds is 6. The lowest BCUT2D eigenvalue weighted by Crippen LogP contribution is -2.27. The van der Waals surface area contributed by atoms with Crippen LogP contribution in [-0.2, 0) is 4.79 Å². The molecule has 1 N–H and O–H groups in total. The molecular weight excluding hydrogens is 176 g/mol. The maximum absolute atomic E-state index is 11.4. The number of hydrogen-bond donors (Lipinski definition) is 1. The van der Waals surface area contributed by atoms with Crippen LogP contribution in [0.1, 0.15) is 13.3 Å². The maximum Gasteiger partial charge on any atom is 0.246 e. The van der Waals surface area contributed by atoms with Gasteiger partial charge in [0, 0.05) is 19.7 Å². The largest absolute Gasteiger partial charge is 0.342 e. The van der Waals surface area contributed by atoms with Crippen molar-refractivity contribution in [2.75, 3.05) is 27.2 Å². The van der Waals surface area contributed by atoms with E-state index in [1.54, 1.807) is 17.1 Å². The van der Waals surface area contributed by atoms with E-state index in [0.29, 0.717) is 0 Å². The molecule has 0 saturated carbocycles. The second-order valence-electron chi connectivity index (χ2n) is 3.10. The maximum atomic E-state index is 11.4. The van der Waals surface area contributed by atoms with Crippen molar-refractivity contribution in [2.24, 2.45) is 0 Å². The average Bonchev–Trinajstić information content (AvgIpc) is 2.18. The van der Waals surface area contributed by atoms with Crippen molar-refractivity contribution in [2.45, 2.75) is 13.3 Å². The highest BCUT2D eigenvalue weighted by atomic mass is 16.2. The zero-order valence-electron chi connectivity index (χ0n) is 9.29. The van der Waals surface area contributed by atoms with Gasteiger partial charge in [-0.1, -0.05) is 18.2 Å². The Kier molecular flexibility index (Phi) is 7.84. The molecule has 3 heteroatoms. The lowest BCUT2D eigenvalue weighted by atomic mass is 10.3. The molecule has 0 heterocycles. The first-order valence-electron chi connectivity index (χ1n) is 4.91. The van der Waals surface area contributed by atoms with Crippen LogP contribution in [0.5, 0.6) is 0 Å². The highest BCUT2D eigenvalue weighted by Gasteiger charge is 2.02. The average molecular weight is 196 g/mol. The quantitative estimate of drug-likeness (QED) is 0.393. The van der Waals surface area contributed by atoms with E-state index in [9.17, 15) is 4.79 Å². The number of nitrogens with zero attached hydrogens (tertiary/aromatic N) is 1. The molecule has 0 aliphatic heterocycles. The Bertz CT molecular complexity index is 209. The van der Waals surface area contributed by atoms with Gasteiger partial charge in [0.1, 0.15) is 0 Å². The van der Waals surface area contributed by atoms with Gasteiger partial charge >= 0.3 is 0 Å². The Morgan fingerprint density at radius 1 is 1.43 bits per heavy atom. The van der Waals surface area contributed by atoms with Crippen LogP contribution >= 0.6 is 0 Å². The van der Waals surface area contributed by atoms with Crippen molar-refractivity contribution in [3.8, 4) is 0 Å². The minimum Gasteiger partial charge on any atom is -0.342 e. The Labute approximate surface area is 86.5 Å². The molecule has 0 bridgehead atoms. The SMILES string of the molecule is CC=CC=CC(=O)N(C)CCCNC. The van der Waals surface area contributed by atoms with Gasteiger partial charge in [-0.2, -0.15) is 0 Å². The second kappa shape index (κ2) is 8.51. The molecule has 0 saturated heterocycles. The summed E-state index contributed by atoms with van der Waals surface area (Å²) in [6, 6.07) is 0. The van der Waals surface area contributed by atoms with Crippen LogP contribution in [0.3, 0.4) is 0 Å². The summed E-state index contributed by atoms with van der Waals surface area (Å²) in [7, 11) is 3.73. The van der Waals surface area contributed by atoms with Gasteiger partial charge in [0.25, 0.3) is 0 Å². The van der Waals surface area contributed by atoms with E-state index < -0.39 is 0 Å². The van der Waals surface area contributed by atoms with Crippen molar-refractivity contribution in [1.29, 1.82) is 0 Å². The van der Waals surface area contributed by atoms with Gasteiger partial charge in [-0.05, 0) is 26.9 Å². The number of allylic oxidation sites excluding steroid dienone is 3. The smallest absolute Gasteiger partial charge is 0.246 e. The fourth-order valence-electron chi connectivity index (χ4n) is 0.979. The summed E-state index contributed by atoms with van der Waals surface area (Å²) in [4.78, 5) is 13.1. The molecule has 0 aliphatic carbocycles. The molecule has 0 fully saturated rings. The molecule has 0 atom stereocenters. The van der Waals surface area contributed by atoms with E-state index in [1.807, 2.05) is 33.2 Å². The van der Waals surface area contributed by atoms with E-state index in [2.05, 4.69) is 5.32 Å². The predicted molar refractivity (Wildman–Crippen MR) is 60.1 cm³/mol. The van der Waals surface area contributed by atoms with Gasteiger partial charge in [0.2, 0.25) is 5.91 Å². The molecule has 0 aromatic carbocycles. The molecule has 0 unspecified atom stereocenters. The van der Waals surface area contributed by atoms with Gasteiger partial charge in [0.15, 0.2) is 0 Å². The summed E-state index contributed by atoms with van der Waals surface area (Å²) in [6.07, 6.45) is 8.07. The molecule has 0 aromatic heterocycles. The minimum atomic E-state index is 0.0548. The van der Waals surface area contributed by atoms with E-state index in [0.717, 1.165) is 19.5 Å².